The van der Waals surface area contributed by atoms with E-state index >= 15 is 0 Å². The molecule has 33 heavy (non-hydrogen) atoms. The molecule has 3 heterocycles. The molecule has 0 aromatic carbocycles. The van der Waals surface area contributed by atoms with E-state index in [4.69, 9.17) is 19.4 Å². The highest BCUT2D eigenvalue weighted by molar-refractivity contribution is 5.94. The highest BCUT2D eigenvalue weighted by Crippen LogP contribution is 2.22. The number of ether oxygens (including phenoxy) is 2. The molecule has 1 aliphatic heterocycles. The van der Waals surface area contributed by atoms with E-state index in [0.29, 0.717) is 38.0 Å². The van der Waals surface area contributed by atoms with E-state index in [-0.39, 0.29) is 5.91 Å². The fourth-order valence-electron chi connectivity index (χ4n) is 2.85. The van der Waals surface area contributed by atoms with Crippen molar-refractivity contribution in [3.63, 3.8) is 0 Å². The zero-order valence-electron chi connectivity index (χ0n) is 18.3. The molecule has 3 rings (SSSR count). The Kier molecular flexibility index (Phi) is 9.60. The van der Waals surface area contributed by atoms with Gasteiger partial charge >= 0.3 is 12.1 Å². The van der Waals surface area contributed by atoms with Gasteiger partial charge in [0.15, 0.2) is 0 Å². The fourth-order valence-corrected chi connectivity index (χ4v) is 2.85. The number of nitrogens with zero attached hydrogens (tertiary/aromatic N) is 4. The number of halogens is 3. The molecule has 1 amide bonds. The smallest absolute Gasteiger partial charge is 0.475 e. The predicted octanol–water partition coefficient (Wildman–Crippen LogP) is 1.72. The number of aliphatic carboxylic acids is 1. The molecule has 0 bridgehead atoms. The van der Waals surface area contributed by atoms with Crippen LogP contribution in [-0.4, -0.2) is 84.3 Å². The number of hydrogen-bond donors (Lipinski definition) is 2. The van der Waals surface area contributed by atoms with Gasteiger partial charge in [-0.2, -0.15) is 13.2 Å². The van der Waals surface area contributed by atoms with Gasteiger partial charge in [-0.05, 0) is 12.5 Å². The quantitative estimate of drug-likeness (QED) is 0.584. The molecule has 1 saturated heterocycles. The van der Waals surface area contributed by atoms with E-state index in [1.165, 1.54) is 0 Å². The van der Waals surface area contributed by atoms with Crippen molar-refractivity contribution in [1.82, 2.24) is 19.9 Å². The molecule has 2 aromatic heterocycles. The van der Waals surface area contributed by atoms with Crippen LogP contribution in [0.5, 0.6) is 0 Å². The van der Waals surface area contributed by atoms with E-state index in [1.54, 1.807) is 19.5 Å². The first-order valence-electron chi connectivity index (χ1n) is 10.0. The van der Waals surface area contributed by atoms with Crippen LogP contribution in [0.2, 0.25) is 0 Å². The van der Waals surface area contributed by atoms with Gasteiger partial charge in [0.05, 0.1) is 13.2 Å². The largest absolute Gasteiger partial charge is 0.490 e. The Morgan fingerprint density at radius 1 is 1.21 bits per heavy atom. The van der Waals surface area contributed by atoms with Crippen LogP contribution in [0, 0.1) is 0 Å². The van der Waals surface area contributed by atoms with Gasteiger partial charge in [-0.15, -0.1) is 0 Å². The van der Waals surface area contributed by atoms with Crippen LogP contribution in [0.1, 0.15) is 16.9 Å². The van der Waals surface area contributed by atoms with Crippen LogP contribution < -0.4 is 10.2 Å². The van der Waals surface area contributed by atoms with Gasteiger partial charge in [0.25, 0.3) is 5.91 Å². The minimum Gasteiger partial charge on any atom is -0.475 e. The number of rotatable bonds is 7. The maximum Gasteiger partial charge on any atom is 0.490 e. The number of morpholine rings is 1. The summed E-state index contributed by atoms with van der Waals surface area (Å²) in [6.45, 7) is 4.23. The van der Waals surface area contributed by atoms with Crippen molar-refractivity contribution in [2.24, 2.45) is 7.05 Å². The highest BCUT2D eigenvalue weighted by atomic mass is 19.4. The fraction of sp³-hybridized carbons (Fsp3) is 0.500. The molecule has 0 spiro atoms. The number of hydrogen-bond acceptors (Lipinski definition) is 7. The Labute approximate surface area is 188 Å². The first-order chi connectivity index (χ1) is 15.6. The van der Waals surface area contributed by atoms with Crippen LogP contribution >= 0.6 is 0 Å². The number of carboxylic acid groups (broad SMARTS) is 1. The Balaban J connectivity index is 0.000000479. The number of carboxylic acids is 1. The Morgan fingerprint density at radius 2 is 1.82 bits per heavy atom. The average Bonchev–Trinajstić information content (AvgIpc) is 3.19. The zero-order valence-corrected chi connectivity index (χ0v) is 18.3. The lowest BCUT2D eigenvalue weighted by Gasteiger charge is -2.26. The lowest BCUT2D eigenvalue weighted by molar-refractivity contribution is -0.192. The minimum absolute atomic E-state index is 0.0966. The summed E-state index contributed by atoms with van der Waals surface area (Å²) in [7, 11) is 3.51. The highest BCUT2D eigenvalue weighted by Gasteiger charge is 2.38. The summed E-state index contributed by atoms with van der Waals surface area (Å²) in [6, 6.07) is 1.86. The summed E-state index contributed by atoms with van der Waals surface area (Å²) < 4.78 is 43.9. The van der Waals surface area contributed by atoms with Crippen molar-refractivity contribution in [1.29, 1.82) is 0 Å². The van der Waals surface area contributed by atoms with E-state index in [2.05, 4.69) is 20.2 Å². The van der Waals surface area contributed by atoms with Crippen molar-refractivity contribution in [3.05, 3.63) is 30.4 Å². The number of amides is 1. The van der Waals surface area contributed by atoms with Gasteiger partial charge in [0, 0.05) is 70.1 Å². The minimum atomic E-state index is -5.08. The molecular formula is C20H26F3N5O5. The lowest BCUT2D eigenvalue weighted by Crippen LogP contribution is -2.37. The van der Waals surface area contributed by atoms with E-state index in [0.717, 1.165) is 30.6 Å². The van der Waals surface area contributed by atoms with Crippen LogP contribution in [0.15, 0.2) is 24.7 Å². The van der Waals surface area contributed by atoms with Crippen molar-refractivity contribution < 1.29 is 37.3 Å². The first-order valence-corrected chi connectivity index (χ1v) is 10.0. The zero-order chi connectivity index (χ0) is 24.4. The molecule has 2 N–H and O–H groups in total. The summed E-state index contributed by atoms with van der Waals surface area (Å²) >= 11 is 0. The second-order valence-electron chi connectivity index (χ2n) is 7.00. The van der Waals surface area contributed by atoms with Crippen molar-refractivity contribution in [3.8, 4) is 11.1 Å². The van der Waals surface area contributed by atoms with Crippen molar-refractivity contribution in [2.45, 2.75) is 12.6 Å². The number of methoxy groups -OCH3 is 1. The predicted molar refractivity (Wildman–Crippen MR) is 112 cm³/mol. The molecule has 0 saturated carbocycles. The molecular weight excluding hydrogens is 447 g/mol. The number of aromatic nitrogens is 3. The van der Waals surface area contributed by atoms with Crippen molar-refractivity contribution >= 4 is 17.8 Å². The third kappa shape index (κ3) is 8.02. The SMILES string of the molecule is COCCCNC(=O)c1cc(-c2cnc(N3CCOCC3)nc2)cn1C.O=C(O)C(F)(F)F. The molecule has 13 heteroatoms. The monoisotopic (exact) mass is 473 g/mol. The Morgan fingerprint density at radius 3 is 2.36 bits per heavy atom. The molecule has 0 radical (unpaired) electrons. The summed E-state index contributed by atoms with van der Waals surface area (Å²) in [6.07, 6.45) is 1.22. The molecule has 0 aliphatic carbocycles. The maximum atomic E-state index is 12.3. The average molecular weight is 473 g/mol. The van der Waals surface area contributed by atoms with Gasteiger partial charge in [0.2, 0.25) is 5.95 Å². The number of nitrogens with one attached hydrogen (secondary N) is 1. The summed E-state index contributed by atoms with van der Waals surface area (Å²) in [5, 5.41) is 10.0. The van der Waals surface area contributed by atoms with Crippen LogP contribution in [-0.2, 0) is 21.3 Å². The number of carbonyl (C=O) groups excluding carboxylic acids is 1. The lowest BCUT2D eigenvalue weighted by atomic mass is 10.2. The molecule has 182 valence electrons. The van der Waals surface area contributed by atoms with E-state index < -0.39 is 12.1 Å². The van der Waals surface area contributed by atoms with Gasteiger partial charge in [-0.25, -0.2) is 14.8 Å². The number of aryl methyl sites for hydroxylation is 1. The molecule has 2 aromatic rings. The number of anilines is 1. The third-order valence-corrected chi connectivity index (χ3v) is 4.56. The molecule has 10 nitrogen and oxygen atoms in total. The van der Waals surface area contributed by atoms with Gasteiger partial charge in [0.1, 0.15) is 5.69 Å². The number of carbonyl (C=O) groups is 2. The standard InChI is InChI=1S/C18H25N5O3.C2HF3O2/c1-22-13-14(10-16(22)17(24)19-4-3-7-25-2)15-11-20-18(21-12-15)23-5-8-26-9-6-23;3-2(4,5)1(6)7/h10-13H,3-9H2,1-2H3,(H,19,24);(H,6,7). The van der Waals surface area contributed by atoms with E-state index in [9.17, 15) is 18.0 Å². The maximum absolute atomic E-state index is 12.3. The van der Waals surface area contributed by atoms with Crippen LogP contribution in [0.3, 0.4) is 0 Å². The van der Waals surface area contributed by atoms with Gasteiger partial charge in [-0.3, -0.25) is 4.79 Å². The second kappa shape index (κ2) is 12.2. The van der Waals surface area contributed by atoms with Crippen LogP contribution in [0.25, 0.3) is 11.1 Å². The number of alkyl halides is 3. The first kappa shape index (κ1) is 26.1. The summed E-state index contributed by atoms with van der Waals surface area (Å²) in [5.41, 5.74) is 2.41. The van der Waals surface area contributed by atoms with E-state index in [1.807, 2.05) is 23.9 Å². The Hall–Kier alpha value is -3.19. The Bertz CT molecular complexity index is 912. The molecule has 0 unspecified atom stereocenters. The van der Waals surface area contributed by atoms with Gasteiger partial charge in [-0.1, -0.05) is 0 Å². The summed E-state index contributed by atoms with van der Waals surface area (Å²) in [4.78, 5) is 32.3. The molecule has 1 aliphatic rings. The normalized spacial score (nSPS) is 13.8. The molecule has 1 fully saturated rings. The second-order valence-corrected chi connectivity index (χ2v) is 7.00. The third-order valence-electron chi connectivity index (χ3n) is 4.56. The van der Waals surface area contributed by atoms with Gasteiger partial charge < -0.3 is 29.4 Å². The topological polar surface area (TPSA) is 119 Å². The molecule has 0 atom stereocenters. The van der Waals surface area contributed by atoms with Crippen molar-refractivity contribution in [2.75, 3.05) is 51.5 Å². The van der Waals surface area contributed by atoms with Crippen LogP contribution in [0.4, 0.5) is 19.1 Å². The summed E-state index contributed by atoms with van der Waals surface area (Å²) in [5.74, 6) is -2.14.